The van der Waals surface area contributed by atoms with Crippen LogP contribution in [0.4, 0.5) is 0 Å². The summed E-state index contributed by atoms with van der Waals surface area (Å²) in [5.41, 5.74) is 10.6. The lowest BCUT2D eigenvalue weighted by atomic mass is 10.1. The maximum absolute atomic E-state index is 6.34. The highest BCUT2D eigenvalue weighted by atomic mass is 16.5. The van der Waals surface area contributed by atoms with E-state index in [9.17, 15) is 0 Å². The van der Waals surface area contributed by atoms with Gasteiger partial charge in [-0.25, -0.2) is 4.98 Å². The fourth-order valence-corrected chi connectivity index (χ4v) is 3.73. The summed E-state index contributed by atoms with van der Waals surface area (Å²) in [7, 11) is 0. The van der Waals surface area contributed by atoms with Gasteiger partial charge in [-0.2, -0.15) is 0 Å². The van der Waals surface area contributed by atoms with Gasteiger partial charge in [0.25, 0.3) is 0 Å². The zero-order valence-electron chi connectivity index (χ0n) is 16.5. The summed E-state index contributed by atoms with van der Waals surface area (Å²) < 4.78 is 5.92. The molecule has 2 aromatic carbocycles. The van der Waals surface area contributed by atoms with Gasteiger partial charge in [0.2, 0.25) is 5.88 Å². The Morgan fingerprint density at radius 3 is 2.87 bits per heavy atom. The number of hydrogen-bond donors (Lipinski definition) is 2. The van der Waals surface area contributed by atoms with Gasteiger partial charge in [0.1, 0.15) is 6.61 Å². The molecule has 30 heavy (non-hydrogen) atoms. The smallest absolute Gasteiger partial charge is 0.213 e. The Hall–Kier alpha value is -3.70. The first-order chi connectivity index (χ1) is 14.8. The van der Waals surface area contributed by atoms with Gasteiger partial charge in [-0.05, 0) is 41.6 Å². The molecule has 0 aliphatic rings. The summed E-state index contributed by atoms with van der Waals surface area (Å²) in [6, 6.07) is 22.2. The Kier molecular flexibility index (Phi) is 4.87. The minimum absolute atomic E-state index is 0.122. The summed E-state index contributed by atoms with van der Waals surface area (Å²) in [5, 5.41) is 3.45. The molecule has 3 heterocycles. The van der Waals surface area contributed by atoms with E-state index in [1.54, 1.807) is 6.20 Å². The number of nitrogens with zero attached hydrogens (tertiary/aromatic N) is 2. The average molecular weight is 394 g/mol. The number of ether oxygens (including phenoxy) is 1. The molecule has 5 nitrogen and oxygen atoms in total. The molecule has 0 unspecified atom stereocenters. The molecule has 0 spiro atoms. The number of nitrogens with two attached hydrogens (primary N) is 1. The molecule has 1 atom stereocenters. The maximum atomic E-state index is 6.34. The molecule has 0 aliphatic heterocycles. The van der Waals surface area contributed by atoms with Crippen LogP contribution >= 0.6 is 0 Å². The molecule has 0 saturated carbocycles. The van der Waals surface area contributed by atoms with Crippen LogP contribution in [0, 0.1) is 0 Å². The van der Waals surface area contributed by atoms with E-state index in [1.165, 1.54) is 10.9 Å². The van der Waals surface area contributed by atoms with Crippen LogP contribution in [-0.4, -0.2) is 27.6 Å². The lowest BCUT2D eigenvalue weighted by Crippen LogP contribution is -2.30. The fraction of sp³-hybridized carbons (Fsp3) is 0.120. The number of aromatic nitrogens is 3. The molecule has 0 fully saturated rings. The van der Waals surface area contributed by atoms with E-state index in [1.807, 2.05) is 48.8 Å². The summed E-state index contributed by atoms with van der Waals surface area (Å²) in [6.45, 7) is 0.402. The van der Waals surface area contributed by atoms with Gasteiger partial charge >= 0.3 is 0 Å². The van der Waals surface area contributed by atoms with Gasteiger partial charge in [-0.1, -0.05) is 36.4 Å². The van der Waals surface area contributed by atoms with Crippen molar-refractivity contribution in [2.45, 2.75) is 12.5 Å². The zero-order valence-corrected chi connectivity index (χ0v) is 16.5. The van der Waals surface area contributed by atoms with Crippen molar-refractivity contribution in [2.24, 2.45) is 5.73 Å². The van der Waals surface area contributed by atoms with Crippen LogP contribution in [-0.2, 0) is 6.42 Å². The van der Waals surface area contributed by atoms with Gasteiger partial charge in [-0.15, -0.1) is 0 Å². The molecular weight excluding hydrogens is 372 g/mol. The fourth-order valence-electron chi connectivity index (χ4n) is 3.73. The molecule has 0 saturated heterocycles. The quantitative estimate of drug-likeness (QED) is 0.437. The Morgan fingerprint density at radius 2 is 1.90 bits per heavy atom. The van der Waals surface area contributed by atoms with E-state index >= 15 is 0 Å². The third kappa shape index (κ3) is 3.75. The maximum Gasteiger partial charge on any atom is 0.213 e. The Labute approximate surface area is 174 Å². The molecule has 0 bridgehead atoms. The zero-order chi connectivity index (χ0) is 20.3. The number of H-pyrrole nitrogens is 1. The van der Waals surface area contributed by atoms with Crippen molar-refractivity contribution in [1.82, 2.24) is 15.0 Å². The first-order valence-electron chi connectivity index (χ1n) is 10.0. The molecule has 148 valence electrons. The molecule has 3 N–H and O–H groups in total. The number of rotatable bonds is 6. The van der Waals surface area contributed by atoms with Gasteiger partial charge < -0.3 is 15.5 Å². The van der Waals surface area contributed by atoms with Crippen molar-refractivity contribution in [1.29, 1.82) is 0 Å². The largest absolute Gasteiger partial charge is 0.476 e. The highest BCUT2D eigenvalue weighted by molar-refractivity contribution is 5.86. The summed E-state index contributed by atoms with van der Waals surface area (Å²) >= 11 is 0. The number of pyridine rings is 2. The van der Waals surface area contributed by atoms with Crippen molar-refractivity contribution >= 4 is 21.7 Å². The van der Waals surface area contributed by atoms with Crippen LogP contribution in [0.3, 0.4) is 0 Å². The van der Waals surface area contributed by atoms with Crippen molar-refractivity contribution in [3.05, 3.63) is 90.9 Å². The second-order valence-electron chi connectivity index (χ2n) is 7.43. The topological polar surface area (TPSA) is 76.8 Å². The minimum atomic E-state index is -0.122. The third-order valence-corrected chi connectivity index (χ3v) is 5.26. The van der Waals surface area contributed by atoms with Crippen molar-refractivity contribution < 1.29 is 4.74 Å². The number of nitrogens with one attached hydrogen (secondary N) is 1. The van der Waals surface area contributed by atoms with E-state index in [-0.39, 0.29) is 6.04 Å². The van der Waals surface area contributed by atoms with Crippen LogP contribution in [0.5, 0.6) is 5.88 Å². The van der Waals surface area contributed by atoms with Crippen LogP contribution < -0.4 is 10.5 Å². The van der Waals surface area contributed by atoms with Crippen LogP contribution in [0.15, 0.2) is 85.3 Å². The van der Waals surface area contributed by atoms with Crippen molar-refractivity contribution in [2.75, 3.05) is 6.61 Å². The number of hydrogen-bond acceptors (Lipinski definition) is 4. The van der Waals surface area contributed by atoms with Gasteiger partial charge in [0.05, 0.1) is 5.69 Å². The van der Waals surface area contributed by atoms with Crippen molar-refractivity contribution in [3.63, 3.8) is 0 Å². The Balaban J connectivity index is 1.28. The molecule has 5 rings (SSSR count). The molecule has 5 aromatic rings. The summed E-state index contributed by atoms with van der Waals surface area (Å²) in [6.07, 6.45) is 6.43. The standard InChI is InChI=1S/C25H22N4O/c26-21(13-20-15-28-24-5-2-1-4-22(20)24)16-30-25-7-3-6-23(29-25)18-8-9-19-14-27-11-10-17(19)12-18/h1-12,14-15,21,28H,13,16,26H2/t21-/m0/s1. The minimum Gasteiger partial charge on any atom is -0.476 e. The first kappa shape index (κ1) is 18.3. The van der Waals surface area contributed by atoms with Crippen LogP contribution in [0.25, 0.3) is 32.9 Å². The SMILES string of the molecule is N[C@H](COc1cccc(-c2ccc3cnccc3c2)n1)Cc1c[nH]c2ccccc12. The summed E-state index contributed by atoms with van der Waals surface area (Å²) in [5.74, 6) is 0.580. The van der Waals surface area contributed by atoms with Gasteiger partial charge in [-0.3, -0.25) is 4.98 Å². The van der Waals surface area contributed by atoms with E-state index in [0.717, 1.165) is 34.0 Å². The summed E-state index contributed by atoms with van der Waals surface area (Å²) in [4.78, 5) is 12.1. The normalized spacial score (nSPS) is 12.3. The third-order valence-electron chi connectivity index (χ3n) is 5.26. The second-order valence-corrected chi connectivity index (χ2v) is 7.43. The number of fused-ring (bicyclic) bond motifs is 2. The predicted molar refractivity (Wildman–Crippen MR) is 120 cm³/mol. The van der Waals surface area contributed by atoms with Gasteiger partial charge in [0.15, 0.2) is 0 Å². The Morgan fingerprint density at radius 1 is 0.967 bits per heavy atom. The van der Waals surface area contributed by atoms with E-state index in [2.05, 4.69) is 45.3 Å². The predicted octanol–water partition coefficient (Wildman–Crippen LogP) is 4.73. The molecule has 0 aliphatic carbocycles. The van der Waals surface area contributed by atoms with Crippen molar-refractivity contribution in [3.8, 4) is 17.1 Å². The van der Waals surface area contributed by atoms with Crippen LogP contribution in [0.1, 0.15) is 5.56 Å². The van der Waals surface area contributed by atoms with Crippen LogP contribution in [0.2, 0.25) is 0 Å². The second kappa shape index (κ2) is 7.97. The van der Waals surface area contributed by atoms with E-state index in [0.29, 0.717) is 12.5 Å². The number of aromatic amines is 1. The molecule has 5 heteroatoms. The first-order valence-corrected chi connectivity index (χ1v) is 10.0. The molecule has 0 radical (unpaired) electrons. The molecule has 0 amide bonds. The van der Waals surface area contributed by atoms with Gasteiger partial charge in [0, 0.05) is 52.6 Å². The highest BCUT2D eigenvalue weighted by Crippen LogP contribution is 2.24. The Bertz CT molecular complexity index is 1310. The average Bonchev–Trinajstić information content (AvgIpc) is 3.20. The monoisotopic (exact) mass is 394 g/mol. The van der Waals surface area contributed by atoms with E-state index in [4.69, 9.17) is 10.5 Å². The molecular formula is C25H22N4O. The number of para-hydroxylation sites is 1. The molecule has 3 aromatic heterocycles. The highest BCUT2D eigenvalue weighted by Gasteiger charge is 2.10. The lowest BCUT2D eigenvalue weighted by molar-refractivity contribution is 0.278. The lowest BCUT2D eigenvalue weighted by Gasteiger charge is -2.13. The van der Waals surface area contributed by atoms with E-state index < -0.39 is 0 Å². The number of benzene rings is 2.